The number of aliphatic carboxylic acids is 1. The van der Waals surface area contributed by atoms with Gasteiger partial charge in [0.15, 0.2) is 15.2 Å². The molecule has 2 atom stereocenters. The van der Waals surface area contributed by atoms with Crippen LogP contribution in [0, 0.1) is 0 Å². The van der Waals surface area contributed by atoms with E-state index in [4.69, 9.17) is 5.11 Å². The number of fused-ring (bicyclic) bond motifs is 1. The monoisotopic (exact) mass is 396 g/mol. The number of rotatable bonds is 2. The Bertz CT molecular complexity index is 798. The van der Waals surface area contributed by atoms with Crippen LogP contribution in [0.5, 0.6) is 0 Å². The summed E-state index contributed by atoms with van der Waals surface area (Å²) < 4.78 is 99.0. The van der Waals surface area contributed by atoms with Gasteiger partial charge in [0.2, 0.25) is 0 Å². The maximum Gasteiger partial charge on any atom is 0.471 e. The minimum absolute atomic E-state index is 0.286. The van der Waals surface area contributed by atoms with Crippen molar-refractivity contribution < 1.29 is 54.3 Å². The van der Waals surface area contributed by atoms with E-state index in [0.717, 1.165) is 5.32 Å². The Morgan fingerprint density at radius 3 is 2.08 bits per heavy atom. The standard InChI is InChI=1S/C10H6F6N2O6S/c11-9(12,13)2-1-25(23,24)6-3(17-8(22)10(14,15)16)5(19)18(6)4(2)7(20)21/h3,6H,1H2,(H,17,22)(H,20,21)/t3-,6?/m0/s1. The molecule has 0 saturated carbocycles. The Morgan fingerprint density at radius 1 is 1.16 bits per heavy atom. The number of carbonyl (C=O) groups is 3. The van der Waals surface area contributed by atoms with Gasteiger partial charge in [-0.25, -0.2) is 13.2 Å². The van der Waals surface area contributed by atoms with Crippen molar-refractivity contribution in [2.75, 3.05) is 5.75 Å². The normalized spacial score (nSPS) is 26.0. The van der Waals surface area contributed by atoms with Crippen molar-refractivity contribution in [1.82, 2.24) is 10.2 Å². The van der Waals surface area contributed by atoms with E-state index < -0.39 is 68.4 Å². The number of hydrogen-bond donors (Lipinski definition) is 2. The molecule has 140 valence electrons. The number of nitrogens with one attached hydrogen (secondary N) is 1. The van der Waals surface area contributed by atoms with Gasteiger partial charge in [0.25, 0.3) is 5.91 Å². The van der Waals surface area contributed by atoms with Crippen LogP contribution in [0.2, 0.25) is 0 Å². The molecule has 0 spiro atoms. The molecule has 1 fully saturated rings. The van der Waals surface area contributed by atoms with Crippen LogP contribution in [0.1, 0.15) is 0 Å². The van der Waals surface area contributed by atoms with Gasteiger partial charge in [0.05, 0.1) is 11.3 Å². The first-order chi connectivity index (χ1) is 11.1. The topological polar surface area (TPSA) is 121 Å². The highest BCUT2D eigenvalue weighted by Crippen LogP contribution is 2.42. The second kappa shape index (κ2) is 5.34. The van der Waals surface area contributed by atoms with Crippen LogP contribution < -0.4 is 5.32 Å². The van der Waals surface area contributed by atoms with Crippen LogP contribution in [0.3, 0.4) is 0 Å². The summed E-state index contributed by atoms with van der Waals surface area (Å²) in [7, 11) is -4.91. The second-order valence-electron chi connectivity index (χ2n) is 4.98. The molecule has 1 saturated heterocycles. The fraction of sp³-hybridized carbons (Fsp3) is 0.500. The summed E-state index contributed by atoms with van der Waals surface area (Å²) in [5.41, 5.74) is -3.74. The van der Waals surface area contributed by atoms with Gasteiger partial charge in [-0.3, -0.25) is 14.5 Å². The van der Waals surface area contributed by atoms with E-state index in [-0.39, 0.29) is 4.90 Å². The quantitative estimate of drug-likeness (QED) is 0.481. The summed E-state index contributed by atoms with van der Waals surface area (Å²) in [5.74, 6) is -8.56. The van der Waals surface area contributed by atoms with Gasteiger partial charge in [0, 0.05) is 0 Å². The van der Waals surface area contributed by atoms with Gasteiger partial charge in [-0.05, 0) is 0 Å². The Labute approximate surface area is 134 Å². The van der Waals surface area contributed by atoms with Gasteiger partial charge in [-0.2, -0.15) is 26.3 Å². The maximum atomic E-state index is 12.9. The Kier molecular flexibility index (Phi) is 4.06. The largest absolute Gasteiger partial charge is 0.477 e. The number of sulfone groups is 1. The number of carbonyl (C=O) groups excluding carboxylic acids is 2. The van der Waals surface area contributed by atoms with Crippen LogP contribution in [0.4, 0.5) is 26.3 Å². The summed E-state index contributed by atoms with van der Waals surface area (Å²) >= 11 is 0. The minimum atomic E-state index is -5.48. The minimum Gasteiger partial charge on any atom is -0.477 e. The van der Waals surface area contributed by atoms with Crippen molar-refractivity contribution in [2.24, 2.45) is 0 Å². The zero-order valence-corrected chi connectivity index (χ0v) is 12.3. The van der Waals surface area contributed by atoms with Gasteiger partial charge in [0.1, 0.15) is 11.7 Å². The van der Waals surface area contributed by atoms with E-state index in [2.05, 4.69) is 0 Å². The highest BCUT2D eigenvalue weighted by atomic mass is 32.2. The first-order valence-corrected chi connectivity index (χ1v) is 7.76. The molecule has 0 aromatic rings. The fourth-order valence-corrected chi connectivity index (χ4v) is 4.38. The predicted molar refractivity (Wildman–Crippen MR) is 63.1 cm³/mol. The molecule has 0 radical (unpaired) electrons. The molecule has 0 bridgehead atoms. The second-order valence-corrected chi connectivity index (χ2v) is 7.08. The molecule has 2 rings (SSSR count). The van der Waals surface area contributed by atoms with Gasteiger partial charge >= 0.3 is 24.2 Å². The number of alkyl halides is 6. The zero-order chi connectivity index (χ0) is 19.5. The summed E-state index contributed by atoms with van der Waals surface area (Å²) in [6.45, 7) is 0. The molecule has 15 heteroatoms. The Morgan fingerprint density at radius 2 is 1.68 bits per heavy atom. The number of carboxylic acid groups (broad SMARTS) is 1. The molecule has 2 aliphatic rings. The Balaban J connectivity index is 2.50. The summed E-state index contributed by atoms with van der Waals surface area (Å²) in [4.78, 5) is 33.3. The van der Waals surface area contributed by atoms with Crippen molar-refractivity contribution >= 4 is 27.6 Å². The third-order valence-corrected chi connectivity index (χ3v) is 5.28. The fourth-order valence-electron chi connectivity index (χ4n) is 2.37. The lowest BCUT2D eigenvalue weighted by molar-refractivity contribution is -0.177. The van der Waals surface area contributed by atoms with Crippen LogP contribution >= 0.6 is 0 Å². The molecule has 25 heavy (non-hydrogen) atoms. The lowest BCUT2D eigenvalue weighted by Gasteiger charge is -2.49. The number of amides is 2. The molecule has 0 aromatic carbocycles. The van der Waals surface area contributed by atoms with Crippen molar-refractivity contribution in [3.63, 3.8) is 0 Å². The van der Waals surface area contributed by atoms with Gasteiger partial charge < -0.3 is 10.4 Å². The number of halogens is 6. The third kappa shape index (κ3) is 3.03. The van der Waals surface area contributed by atoms with E-state index in [0.29, 0.717) is 0 Å². The predicted octanol–water partition coefficient (Wildman–Crippen LogP) is -0.469. The first-order valence-electron chi connectivity index (χ1n) is 6.05. The average molecular weight is 396 g/mol. The molecular formula is C10H6F6N2O6S. The molecule has 0 aromatic heterocycles. The van der Waals surface area contributed by atoms with Gasteiger partial charge in [-0.15, -0.1) is 0 Å². The van der Waals surface area contributed by atoms with E-state index in [1.807, 2.05) is 0 Å². The van der Waals surface area contributed by atoms with Crippen molar-refractivity contribution in [1.29, 1.82) is 0 Å². The van der Waals surface area contributed by atoms with E-state index in [9.17, 15) is 49.1 Å². The lowest BCUT2D eigenvalue weighted by Crippen LogP contribution is -2.75. The molecule has 0 aliphatic carbocycles. The van der Waals surface area contributed by atoms with Crippen LogP contribution in [-0.4, -0.2) is 65.7 Å². The van der Waals surface area contributed by atoms with Crippen molar-refractivity contribution in [2.45, 2.75) is 23.8 Å². The number of hydrogen-bond acceptors (Lipinski definition) is 5. The molecular weight excluding hydrogens is 390 g/mol. The summed E-state index contributed by atoms with van der Waals surface area (Å²) in [6, 6.07) is -2.34. The van der Waals surface area contributed by atoms with Crippen LogP contribution in [0.25, 0.3) is 0 Å². The highest BCUT2D eigenvalue weighted by molar-refractivity contribution is 7.92. The summed E-state index contributed by atoms with van der Waals surface area (Å²) in [5, 5.41) is 7.54. The van der Waals surface area contributed by atoms with Crippen molar-refractivity contribution in [3.8, 4) is 0 Å². The molecule has 8 nitrogen and oxygen atoms in total. The average Bonchev–Trinajstić information content (AvgIpc) is 2.40. The smallest absolute Gasteiger partial charge is 0.471 e. The molecule has 2 amide bonds. The molecule has 2 heterocycles. The number of nitrogens with zero attached hydrogens (tertiary/aromatic N) is 1. The number of carboxylic acids is 1. The van der Waals surface area contributed by atoms with E-state index in [1.54, 1.807) is 0 Å². The van der Waals surface area contributed by atoms with Crippen LogP contribution in [-0.2, 0) is 24.2 Å². The van der Waals surface area contributed by atoms with E-state index in [1.165, 1.54) is 0 Å². The summed E-state index contributed by atoms with van der Waals surface area (Å²) in [6.07, 6.45) is -10.9. The van der Waals surface area contributed by atoms with Crippen LogP contribution in [0.15, 0.2) is 11.3 Å². The van der Waals surface area contributed by atoms with E-state index >= 15 is 0 Å². The SMILES string of the molecule is O=C(O)C1=C(C(F)(F)F)CS(=O)(=O)C2[C@@H](NC(=O)C(F)(F)F)C(=O)N12. The molecule has 1 unspecified atom stereocenters. The zero-order valence-electron chi connectivity index (χ0n) is 11.5. The number of β-lactam (4-membered cyclic amide) rings is 1. The van der Waals surface area contributed by atoms with Gasteiger partial charge in [-0.1, -0.05) is 0 Å². The Hall–Kier alpha value is -2.32. The lowest BCUT2D eigenvalue weighted by atomic mass is 10.0. The molecule has 2 N–H and O–H groups in total. The maximum absolute atomic E-state index is 12.9. The highest BCUT2D eigenvalue weighted by Gasteiger charge is 2.64. The first kappa shape index (κ1) is 19.0. The third-order valence-electron chi connectivity index (χ3n) is 3.37. The van der Waals surface area contributed by atoms with Crippen molar-refractivity contribution in [3.05, 3.63) is 11.3 Å². The molecule has 2 aliphatic heterocycles.